The maximum atomic E-state index is 10.8. The van der Waals surface area contributed by atoms with E-state index in [-0.39, 0.29) is 6.42 Å². The molecule has 1 aromatic rings. The highest BCUT2D eigenvalue weighted by molar-refractivity contribution is 6.30. The molecule has 86 valence electrons. The van der Waals surface area contributed by atoms with E-state index in [0.717, 1.165) is 0 Å². The Labute approximate surface area is 98.0 Å². The number of benzene rings is 1. The van der Waals surface area contributed by atoms with Gasteiger partial charge in [0, 0.05) is 17.0 Å². The lowest BCUT2D eigenvalue weighted by Gasteiger charge is -2.34. The van der Waals surface area contributed by atoms with Gasteiger partial charge < -0.3 is 15.6 Å². The third kappa shape index (κ3) is 1.99. The summed E-state index contributed by atoms with van der Waals surface area (Å²) in [6.07, 6.45) is 0.388. The molecule has 1 aromatic carbocycles. The lowest BCUT2D eigenvalue weighted by Crippen LogP contribution is -2.43. The van der Waals surface area contributed by atoms with Gasteiger partial charge in [0.2, 0.25) is 0 Å². The second-order valence-electron chi connectivity index (χ2n) is 3.97. The van der Waals surface area contributed by atoms with Gasteiger partial charge >= 0.3 is 5.97 Å². The van der Waals surface area contributed by atoms with E-state index < -0.39 is 11.5 Å². The molecule has 2 rings (SSSR count). The third-order valence-electron chi connectivity index (χ3n) is 2.75. The molecule has 0 spiro atoms. The Hall–Kier alpha value is -1.26. The highest BCUT2D eigenvalue weighted by atomic mass is 35.5. The van der Waals surface area contributed by atoms with Crippen LogP contribution in [0.3, 0.4) is 0 Å². The predicted molar refractivity (Wildman–Crippen MR) is 59.7 cm³/mol. The van der Waals surface area contributed by atoms with Crippen LogP contribution in [0.15, 0.2) is 18.2 Å². The maximum absolute atomic E-state index is 10.8. The zero-order valence-electron chi connectivity index (χ0n) is 8.57. The van der Waals surface area contributed by atoms with E-state index in [2.05, 4.69) is 0 Å². The minimum Gasteiger partial charge on any atom is -0.493 e. The summed E-state index contributed by atoms with van der Waals surface area (Å²) in [4.78, 5) is 10.8. The van der Waals surface area contributed by atoms with E-state index in [0.29, 0.717) is 29.4 Å². The molecular formula is C11H12ClNO3. The van der Waals surface area contributed by atoms with Gasteiger partial charge in [0.1, 0.15) is 5.75 Å². The molecular weight excluding hydrogens is 230 g/mol. The molecule has 1 aliphatic rings. The lowest BCUT2D eigenvalue weighted by atomic mass is 9.83. The van der Waals surface area contributed by atoms with E-state index in [9.17, 15) is 4.79 Å². The highest BCUT2D eigenvalue weighted by Crippen LogP contribution is 2.38. The molecule has 0 fully saturated rings. The van der Waals surface area contributed by atoms with Crippen molar-refractivity contribution in [3.8, 4) is 5.75 Å². The van der Waals surface area contributed by atoms with Crippen molar-refractivity contribution in [2.24, 2.45) is 5.73 Å². The number of fused-ring (bicyclic) bond motifs is 1. The summed E-state index contributed by atoms with van der Waals surface area (Å²) >= 11 is 5.84. The van der Waals surface area contributed by atoms with Crippen LogP contribution in [-0.4, -0.2) is 17.7 Å². The number of aliphatic carboxylic acids is 1. The minimum atomic E-state index is -0.912. The van der Waals surface area contributed by atoms with Gasteiger partial charge in [-0.15, -0.1) is 0 Å². The molecule has 0 saturated heterocycles. The van der Waals surface area contributed by atoms with Crippen molar-refractivity contribution in [3.63, 3.8) is 0 Å². The summed E-state index contributed by atoms with van der Waals surface area (Å²) in [5.74, 6) is -0.326. The number of hydrogen-bond donors (Lipinski definition) is 2. The zero-order valence-corrected chi connectivity index (χ0v) is 9.33. The first-order valence-electron chi connectivity index (χ1n) is 4.95. The summed E-state index contributed by atoms with van der Waals surface area (Å²) in [6.45, 7) is 0.414. The average molecular weight is 242 g/mol. The Morgan fingerprint density at radius 1 is 1.62 bits per heavy atom. The first-order chi connectivity index (χ1) is 7.51. The number of halogens is 1. The highest BCUT2D eigenvalue weighted by Gasteiger charge is 2.36. The SMILES string of the molecule is NC1(CC(=O)O)CCOc2cc(Cl)ccc21. The van der Waals surface area contributed by atoms with Crippen LogP contribution in [-0.2, 0) is 10.3 Å². The van der Waals surface area contributed by atoms with E-state index in [1.54, 1.807) is 18.2 Å². The summed E-state index contributed by atoms with van der Waals surface area (Å²) in [6, 6.07) is 5.10. The van der Waals surface area contributed by atoms with Crippen LogP contribution in [0.2, 0.25) is 5.02 Å². The van der Waals surface area contributed by atoms with Crippen molar-refractivity contribution < 1.29 is 14.6 Å². The predicted octanol–water partition coefficient (Wildman–Crippen LogP) is 1.75. The van der Waals surface area contributed by atoms with Crippen molar-refractivity contribution in [2.75, 3.05) is 6.61 Å². The van der Waals surface area contributed by atoms with E-state index in [4.69, 9.17) is 27.2 Å². The average Bonchev–Trinajstić information content (AvgIpc) is 2.15. The third-order valence-corrected chi connectivity index (χ3v) is 2.99. The van der Waals surface area contributed by atoms with Gasteiger partial charge in [0.15, 0.2) is 0 Å². The molecule has 5 heteroatoms. The van der Waals surface area contributed by atoms with Crippen LogP contribution in [0, 0.1) is 0 Å². The number of carboxylic acid groups (broad SMARTS) is 1. The maximum Gasteiger partial charge on any atom is 0.305 e. The molecule has 0 amide bonds. The quantitative estimate of drug-likeness (QED) is 0.828. The molecule has 16 heavy (non-hydrogen) atoms. The molecule has 4 nitrogen and oxygen atoms in total. The van der Waals surface area contributed by atoms with Crippen LogP contribution < -0.4 is 10.5 Å². The Bertz CT molecular complexity index is 435. The van der Waals surface area contributed by atoms with Gasteiger partial charge in [0.05, 0.1) is 18.6 Å². The largest absolute Gasteiger partial charge is 0.493 e. The molecule has 1 unspecified atom stereocenters. The number of carbonyl (C=O) groups is 1. The summed E-state index contributed by atoms with van der Waals surface area (Å²) < 4.78 is 5.42. The van der Waals surface area contributed by atoms with Crippen LogP contribution in [0.5, 0.6) is 5.75 Å². The van der Waals surface area contributed by atoms with Crippen LogP contribution >= 0.6 is 11.6 Å². The van der Waals surface area contributed by atoms with Crippen molar-refractivity contribution in [1.82, 2.24) is 0 Å². The zero-order chi connectivity index (χ0) is 11.8. The van der Waals surface area contributed by atoms with Crippen LogP contribution in [0.4, 0.5) is 0 Å². The van der Waals surface area contributed by atoms with E-state index >= 15 is 0 Å². The summed E-state index contributed by atoms with van der Waals surface area (Å²) in [5, 5.41) is 9.42. The number of nitrogens with two attached hydrogens (primary N) is 1. The molecule has 1 aliphatic heterocycles. The molecule has 0 bridgehead atoms. The Morgan fingerprint density at radius 3 is 3.06 bits per heavy atom. The van der Waals surface area contributed by atoms with Gasteiger partial charge in [-0.2, -0.15) is 0 Å². The van der Waals surface area contributed by atoms with Gasteiger partial charge in [0.25, 0.3) is 0 Å². The van der Waals surface area contributed by atoms with Crippen molar-refractivity contribution in [2.45, 2.75) is 18.4 Å². The summed E-state index contributed by atoms with van der Waals surface area (Å²) in [5.41, 5.74) is 5.97. The Morgan fingerprint density at radius 2 is 2.38 bits per heavy atom. The molecule has 1 atom stereocenters. The fourth-order valence-corrected chi connectivity index (χ4v) is 2.12. The van der Waals surface area contributed by atoms with Gasteiger partial charge in [-0.3, -0.25) is 4.79 Å². The van der Waals surface area contributed by atoms with Crippen molar-refractivity contribution >= 4 is 17.6 Å². The second-order valence-corrected chi connectivity index (χ2v) is 4.40. The van der Waals surface area contributed by atoms with Gasteiger partial charge in [-0.1, -0.05) is 17.7 Å². The Kier molecular flexibility index (Phi) is 2.78. The number of rotatable bonds is 2. The van der Waals surface area contributed by atoms with Gasteiger partial charge in [-0.05, 0) is 12.1 Å². The van der Waals surface area contributed by atoms with Crippen molar-refractivity contribution in [1.29, 1.82) is 0 Å². The van der Waals surface area contributed by atoms with Gasteiger partial charge in [-0.25, -0.2) is 0 Å². The van der Waals surface area contributed by atoms with Crippen LogP contribution in [0.1, 0.15) is 18.4 Å². The second kappa shape index (κ2) is 3.96. The first-order valence-corrected chi connectivity index (χ1v) is 5.32. The molecule has 0 aliphatic carbocycles. The molecule has 1 heterocycles. The van der Waals surface area contributed by atoms with E-state index in [1.165, 1.54) is 0 Å². The molecule has 0 saturated carbocycles. The number of ether oxygens (including phenoxy) is 1. The number of hydrogen-bond acceptors (Lipinski definition) is 3. The molecule has 0 aromatic heterocycles. The monoisotopic (exact) mass is 241 g/mol. The topological polar surface area (TPSA) is 72.6 Å². The standard InChI is InChI=1S/C11H12ClNO3/c12-7-1-2-8-9(5-7)16-4-3-11(8,13)6-10(14)15/h1-2,5H,3-4,6,13H2,(H,14,15). The van der Waals surface area contributed by atoms with Crippen molar-refractivity contribution in [3.05, 3.63) is 28.8 Å². The lowest BCUT2D eigenvalue weighted by molar-refractivity contribution is -0.138. The Balaban J connectivity index is 2.43. The summed E-state index contributed by atoms with van der Waals surface area (Å²) in [7, 11) is 0. The smallest absolute Gasteiger partial charge is 0.305 e. The minimum absolute atomic E-state index is 0.106. The molecule has 0 radical (unpaired) electrons. The molecule has 3 N–H and O–H groups in total. The van der Waals surface area contributed by atoms with Crippen LogP contribution in [0.25, 0.3) is 0 Å². The van der Waals surface area contributed by atoms with E-state index in [1.807, 2.05) is 0 Å². The fraction of sp³-hybridized carbons (Fsp3) is 0.364. The fourth-order valence-electron chi connectivity index (χ4n) is 1.96. The normalized spacial score (nSPS) is 23.4. The first kappa shape index (κ1) is 11.2. The number of carboxylic acids is 1.